The number of amides is 1. The second-order valence-electron chi connectivity index (χ2n) is 7.92. The van der Waals surface area contributed by atoms with E-state index in [1.165, 1.54) is 0 Å². The van der Waals surface area contributed by atoms with Crippen molar-refractivity contribution in [2.24, 2.45) is 11.8 Å². The minimum atomic E-state index is -0.618. The first-order chi connectivity index (χ1) is 14.0. The summed E-state index contributed by atoms with van der Waals surface area (Å²) in [5.74, 6) is -0.261. The normalized spacial score (nSPS) is 11.9. The van der Waals surface area contributed by atoms with Crippen molar-refractivity contribution in [3.05, 3.63) is 61.2 Å². The quantitative estimate of drug-likeness (QED) is 0.238. The second kappa shape index (κ2) is 14.6. The molecule has 0 aliphatic rings. The molecule has 0 spiro atoms. The zero-order valence-corrected chi connectivity index (χ0v) is 18.1. The number of carbonyl (C=O) groups is 2. The zero-order valence-electron chi connectivity index (χ0n) is 18.1. The van der Waals surface area contributed by atoms with Gasteiger partial charge in [0, 0.05) is 5.92 Å². The second-order valence-corrected chi connectivity index (χ2v) is 7.92. The van der Waals surface area contributed by atoms with Gasteiger partial charge >= 0.3 is 5.97 Å². The number of ether oxygens (including phenoxy) is 1. The summed E-state index contributed by atoms with van der Waals surface area (Å²) in [5, 5.41) is 2.97. The standard InChI is InChI=1S/C25H37NO3/c1-5-7-10-16-22(17-11-8-6-2)24(27)26-23(18-20(3)4)25(28)29-19-21-14-12-9-13-15-21/h5-6,9,12-15,20,22-23H,1-2,7-8,10-11,16-19H2,3-4H3,(H,26,27)/t23-/m0/s1. The molecule has 1 aromatic rings. The molecule has 0 heterocycles. The Bertz CT molecular complexity index is 610. The van der Waals surface area contributed by atoms with Gasteiger partial charge in [-0.1, -0.05) is 56.3 Å². The molecule has 1 atom stereocenters. The molecule has 1 rings (SSSR count). The van der Waals surface area contributed by atoms with Crippen molar-refractivity contribution < 1.29 is 14.3 Å². The molecular weight excluding hydrogens is 362 g/mol. The highest BCUT2D eigenvalue weighted by atomic mass is 16.5. The van der Waals surface area contributed by atoms with Crippen molar-refractivity contribution in [2.75, 3.05) is 0 Å². The summed E-state index contributed by atoms with van der Waals surface area (Å²) in [5.41, 5.74) is 0.933. The zero-order chi connectivity index (χ0) is 21.5. The van der Waals surface area contributed by atoms with Gasteiger partial charge in [-0.05, 0) is 56.4 Å². The Hall–Kier alpha value is -2.36. The highest BCUT2D eigenvalue weighted by molar-refractivity contribution is 5.85. The SMILES string of the molecule is C=CCCCC(CCCC=C)C(=O)N[C@@H](CC(C)C)C(=O)OCc1ccccc1. The van der Waals surface area contributed by atoms with Gasteiger partial charge in [0.25, 0.3) is 0 Å². The minimum absolute atomic E-state index is 0.0552. The lowest BCUT2D eigenvalue weighted by atomic mass is 9.94. The van der Waals surface area contributed by atoms with Gasteiger partial charge in [-0.25, -0.2) is 4.79 Å². The Morgan fingerprint density at radius 2 is 1.62 bits per heavy atom. The number of unbranched alkanes of at least 4 members (excludes halogenated alkanes) is 2. The lowest BCUT2D eigenvalue weighted by Crippen LogP contribution is -2.45. The van der Waals surface area contributed by atoms with Crippen molar-refractivity contribution >= 4 is 11.9 Å². The predicted molar refractivity (Wildman–Crippen MR) is 119 cm³/mol. The van der Waals surface area contributed by atoms with Crippen LogP contribution in [0.1, 0.15) is 64.4 Å². The third-order valence-corrected chi connectivity index (χ3v) is 4.82. The third kappa shape index (κ3) is 10.7. The number of hydrogen-bond acceptors (Lipinski definition) is 3. The smallest absolute Gasteiger partial charge is 0.328 e. The van der Waals surface area contributed by atoms with E-state index in [-0.39, 0.29) is 30.3 Å². The van der Waals surface area contributed by atoms with E-state index in [1.54, 1.807) is 0 Å². The number of hydrogen-bond donors (Lipinski definition) is 1. The fourth-order valence-electron chi connectivity index (χ4n) is 3.23. The molecule has 4 heteroatoms. The highest BCUT2D eigenvalue weighted by Crippen LogP contribution is 2.18. The number of carbonyl (C=O) groups excluding carboxylic acids is 2. The van der Waals surface area contributed by atoms with Gasteiger partial charge in [0.15, 0.2) is 0 Å². The molecule has 0 aromatic heterocycles. The Labute approximate surface area is 176 Å². The van der Waals surface area contributed by atoms with Crippen LogP contribution in [-0.4, -0.2) is 17.9 Å². The molecule has 1 amide bonds. The van der Waals surface area contributed by atoms with Crippen molar-refractivity contribution in [3.63, 3.8) is 0 Å². The van der Waals surface area contributed by atoms with Gasteiger partial charge in [-0.2, -0.15) is 0 Å². The van der Waals surface area contributed by atoms with Crippen LogP contribution >= 0.6 is 0 Å². The molecule has 0 bridgehead atoms. The molecule has 4 nitrogen and oxygen atoms in total. The summed E-state index contributed by atoms with van der Waals surface area (Å²) in [6.07, 6.45) is 9.52. The minimum Gasteiger partial charge on any atom is -0.459 e. The maximum atomic E-state index is 12.9. The summed E-state index contributed by atoms with van der Waals surface area (Å²) in [7, 11) is 0. The maximum absolute atomic E-state index is 12.9. The van der Waals surface area contributed by atoms with Crippen molar-refractivity contribution in [3.8, 4) is 0 Å². The summed E-state index contributed by atoms with van der Waals surface area (Å²) in [6.45, 7) is 11.8. The lowest BCUT2D eigenvalue weighted by molar-refractivity contribution is -0.150. The first kappa shape index (κ1) is 24.7. The van der Waals surface area contributed by atoms with Crippen molar-refractivity contribution in [2.45, 2.75) is 71.4 Å². The van der Waals surface area contributed by atoms with Gasteiger partial charge in [-0.15, -0.1) is 13.2 Å². The van der Waals surface area contributed by atoms with Gasteiger partial charge in [0.1, 0.15) is 12.6 Å². The fourth-order valence-corrected chi connectivity index (χ4v) is 3.23. The fraction of sp³-hybridized carbons (Fsp3) is 0.520. The molecule has 29 heavy (non-hydrogen) atoms. The molecule has 1 N–H and O–H groups in total. The summed E-state index contributed by atoms with van der Waals surface area (Å²) in [4.78, 5) is 25.6. The molecule has 0 saturated heterocycles. The van der Waals surface area contributed by atoms with Crippen LogP contribution in [0.4, 0.5) is 0 Å². The van der Waals surface area contributed by atoms with E-state index < -0.39 is 6.04 Å². The average Bonchev–Trinajstić information content (AvgIpc) is 2.71. The van der Waals surface area contributed by atoms with E-state index in [2.05, 4.69) is 18.5 Å². The highest BCUT2D eigenvalue weighted by Gasteiger charge is 2.27. The van der Waals surface area contributed by atoms with Crippen LogP contribution in [0.2, 0.25) is 0 Å². The molecule has 0 radical (unpaired) electrons. The Balaban J connectivity index is 2.72. The molecule has 0 fully saturated rings. The van der Waals surface area contributed by atoms with E-state index in [9.17, 15) is 9.59 Å². The molecule has 0 aliphatic heterocycles. The number of benzene rings is 1. The van der Waals surface area contributed by atoms with Crippen LogP contribution in [0.15, 0.2) is 55.6 Å². The molecule has 1 aromatic carbocycles. The van der Waals surface area contributed by atoms with Crippen LogP contribution in [-0.2, 0) is 20.9 Å². The van der Waals surface area contributed by atoms with E-state index in [0.29, 0.717) is 6.42 Å². The van der Waals surface area contributed by atoms with Crippen LogP contribution < -0.4 is 5.32 Å². The maximum Gasteiger partial charge on any atom is 0.328 e. The van der Waals surface area contributed by atoms with Gasteiger partial charge in [0.2, 0.25) is 5.91 Å². The topological polar surface area (TPSA) is 55.4 Å². The van der Waals surface area contributed by atoms with Gasteiger partial charge in [0.05, 0.1) is 0 Å². The number of allylic oxidation sites excluding steroid dienone is 2. The molecule has 160 valence electrons. The molecule has 0 saturated carbocycles. The van der Waals surface area contributed by atoms with Crippen LogP contribution in [0.3, 0.4) is 0 Å². The average molecular weight is 400 g/mol. The first-order valence-electron chi connectivity index (χ1n) is 10.7. The molecule has 0 aliphatic carbocycles. The van der Waals surface area contributed by atoms with E-state index in [4.69, 9.17) is 4.74 Å². The number of esters is 1. The Morgan fingerprint density at radius 3 is 2.14 bits per heavy atom. The number of rotatable bonds is 15. The van der Waals surface area contributed by atoms with Crippen molar-refractivity contribution in [1.29, 1.82) is 0 Å². The van der Waals surface area contributed by atoms with Gasteiger partial charge in [-0.3, -0.25) is 4.79 Å². The van der Waals surface area contributed by atoms with Crippen LogP contribution in [0, 0.1) is 11.8 Å². The van der Waals surface area contributed by atoms with Crippen LogP contribution in [0.25, 0.3) is 0 Å². The van der Waals surface area contributed by atoms with Crippen LogP contribution in [0.5, 0.6) is 0 Å². The van der Waals surface area contributed by atoms with E-state index in [0.717, 1.165) is 44.1 Å². The summed E-state index contributed by atoms with van der Waals surface area (Å²) < 4.78 is 5.49. The first-order valence-corrected chi connectivity index (χ1v) is 10.7. The third-order valence-electron chi connectivity index (χ3n) is 4.82. The van der Waals surface area contributed by atoms with Gasteiger partial charge < -0.3 is 10.1 Å². The largest absolute Gasteiger partial charge is 0.459 e. The number of nitrogens with one attached hydrogen (secondary N) is 1. The van der Waals surface area contributed by atoms with E-state index >= 15 is 0 Å². The Morgan fingerprint density at radius 1 is 1.03 bits per heavy atom. The summed E-state index contributed by atoms with van der Waals surface area (Å²) >= 11 is 0. The molecular formula is C25H37NO3. The lowest BCUT2D eigenvalue weighted by Gasteiger charge is -2.23. The monoisotopic (exact) mass is 399 g/mol. The molecule has 0 unspecified atom stereocenters. The van der Waals surface area contributed by atoms with Crippen molar-refractivity contribution in [1.82, 2.24) is 5.32 Å². The van der Waals surface area contributed by atoms with E-state index in [1.807, 2.05) is 56.3 Å². The predicted octanol–water partition coefficient (Wildman–Crippen LogP) is 5.59. The summed E-state index contributed by atoms with van der Waals surface area (Å²) in [6, 6.07) is 8.96. The Kier molecular flexibility index (Phi) is 12.4.